The van der Waals surface area contributed by atoms with E-state index in [1.807, 2.05) is 0 Å². The molecular formula is C10H18N4O2. The van der Waals surface area contributed by atoms with E-state index in [-0.39, 0.29) is 13.2 Å². The first kappa shape index (κ1) is 11.3. The van der Waals surface area contributed by atoms with Gasteiger partial charge in [0.05, 0.1) is 6.54 Å². The van der Waals surface area contributed by atoms with E-state index in [0.717, 1.165) is 32.4 Å². The van der Waals surface area contributed by atoms with Crippen molar-refractivity contribution in [3.8, 4) is 0 Å². The lowest BCUT2D eigenvalue weighted by molar-refractivity contribution is 0.242. The second-order valence-corrected chi connectivity index (χ2v) is 4.15. The number of aliphatic hydroxyl groups excluding tert-OH is 1. The number of hydrogen-bond donors (Lipinski definition) is 2. The molecule has 1 unspecified atom stereocenters. The zero-order valence-corrected chi connectivity index (χ0v) is 9.30. The van der Waals surface area contributed by atoms with Gasteiger partial charge in [-0.25, -0.2) is 0 Å². The Kier molecular flexibility index (Phi) is 3.74. The molecule has 6 nitrogen and oxygen atoms in total. The Bertz CT molecular complexity index is 326. The summed E-state index contributed by atoms with van der Waals surface area (Å²) in [5.74, 6) is 0.992. The summed E-state index contributed by atoms with van der Waals surface area (Å²) in [4.78, 5) is 2.08. The Morgan fingerprint density at radius 1 is 1.50 bits per heavy atom. The van der Waals surface area contributed by atoms with Gasteiger partial charge in [0, 0.05) is 19.7 Å². The Balaban J connectivity index is 1.98. The number of hydrogen-bond acceptors (Lipinski definition) is 6. The molecule has 0 aromatic carbocycles. The van der Waals surface area contributed by atoms with Crippen LogP contribution < -0.4 is 10.6 Å². The molecule has 0 saturated carbocycles. The quantitative estimate of drug-likeness (QED) is 0.758. The van der Waals surface area contributed by atoms with Gasteiger partial charge >= 0.3 is 6.01 Å². The van der Waals surface area contributed by atoms with Crippen molar-refractivity contribution in [3.05, 3.63) is 5.89 Å². The van der Waals surface area contributed by atoms with Crippen LogP contribution in [0.2, 0.25) is 0 Å². The van der Waals surface area contributed by atoms with E-state index >= 15 is 0 Å². The first-order valence-corrected chi connectivity index (χ1v) is 5.71. The molecule has 1 aromatic heterocycles. The van der Waals surface area contributed by atoms with Gasteiger partial charge in [0.25, 0.3) is 0 Å². The van der Waals surface area contributed by atoms with Crippen LogP contribution in [0.15, 0.2) is 4.42 Å². The van der Waals surface area contributed by atoms with Gasteiger partial charge in [-0.3, -0.25) is 0 Å². The van der Waals surface area contributed by atoms with Gasteiger partial charge in [-0.2, -0.15) is 0 Å². The molecule has 0 radical (unpaired) electrons. The van der Waals surface area contributed by atoms with Crippen molar-refractivity contribution in [3.63, 3.8) is 0 Å². The van der Waals surface area contributed by atoms with Gasteiger partial charge in [-0.1, -0.05) is 5.10 Å². The Labute approximate surface area is 94.4 Å². The Morgan fingerprint density at radius 3 is 3.06 bits per heavy atom. The number of nitrogens with zero attached hydrogens (tertiary/aromatic N) is 3. The fourth-order valence-corrected chi connectivity index (χ4v) is 2.11. The summed E-state index contributed by atoms with van der Waals surface area (Å²) < 4.78 is 5.41. The highest BCUT2D eigenvalue weighted by Crippen LogP contribution is 2.23. The largest absolute Gasteiger partial charge is 0.407 e. The first-order chi connectivity index (χ1) is 7.83. The molecule has 0 aliphatic carbocycles. The number of aliphatic hydroxyl groups is 1. The number of aromatic nitrogens is 2. The van der Waals surface area contributed by atoms with E-state index in [1.54, 1.807) is 0 Å². The monoisotopic (exact) mass is 226 g/mol. The highest BCUT2D eigenvalue weighted by Gasteiger charge is 2.23. The van der Waals surface area contributed by atoms with E-state index in [4.69, 9.17) is 15.3 Å². The lowest BCUT2D eigenvalue weighted by atomic mass is 9.95. The maximum absolute atomic E-state index is 8.93. The average molecular weight is 226 g/mol. The van der Waals surface area contributed by atoms with Crippen molar-refractivity contribution < 1.29 is 9.52 Å². The fraction of sp³-hybridized carbons (Fsp3) is 0.800. The molecule has 1 aliphatic heterocycles. The van der Waals surface area contributed by atoms with Crippen molar-refractivity contribution in [2.24, 2.45) is 11.7 Å². The standard InChI is InChI=1S/C10H18N4O2/c11-6-9-12-13-10(16-9)14-4-1-2-8(7-14)3-5-15/h8,15H,1-7,11H2. The molecule has 3 N–H and O–H groups in total. The molecule has 0 amide bonds. The molecule has 0 spiro atoms. The molecule has 2 heterocycles. The minimum absolute atomic E-state index is 0.246. The van der Waals surface area contributed by atoms with E-state index < -0.39 is 0 Å². The third-order valence-corrected chi connectivity index (χ3v) is 2.96. The summed E-state index contributed by atoms with van der Waals surface area (Å²) in [6.07, 6.45) is 3.11. The van der Waals surface area contributed by atoms with Crippen LogP contribution in [0.5, 0.6) is 0 Å². The van der Waals surface area contributed by atoms with Crippen LogP contribution in [-0.2, 0) is 6.54 Å². The number of nitrogens with two attached hydrogens (primary N) is 1. The molecule has 1 atom stereocenters. The van der Waals surface area contributed by atoms with Gasteiger partial charge in [-0.15, -0.1) is 5.10 Å². The predicted molar refractivity (Wildman–Crippen MR) is 58.8 cm³/mol. The maximum Gasteiger partial charge on any atom is 0.318 e. The lowest BCUT2D eigenvalue weighted by Crippen LogP contribution is -2.36. The van der Waals surface area contributed by atoms with Gasteiger partial charge < -0.3 is 20.2 Å². The summed E-state index contributed by atoms with van der Waals surface area (Å²) in [6, 6.07) is 0.558. The van der Waals surface area contributed by atoms with Gasteiger partial charge in [-0.05, 0) is 25.2 Å². The zero-order chi connectivity index (χ0) is 11.4. The van der Waals surface area contributed by atoms with Crippen molar-refractivity contribution in [2.75, 3.05) is 24.6 Å². The molecular weight excluding hydrogens is 208 g/mol. The number of piperidine rings is 1. The molecule has 90 valence electrons. The summed E-state index contributed by atoms with van der Waals surface area (Å²) in [5.41, 5.74) is 5.42. The van der Waals surface area contributed by atoms with Gasteiger partial charge in [0.15, 0.2) is 0 Å². The summed E-state index contributed by atoms with van der Waals surface area (Å²) in [6.45, 7) is 2.35. The second kappa shape index (κ2) is 5.27. The first-order valence-electron chi connectivity index (χ1n) is 5.71. The van der Waals surface area contributed by atoms with Crippen LogP contribution in [0, 0.1) is 5.92 Å². The number of rotatable bonds is 4. The van der Waals surface area contributed by atoms with Crippen molar-refractivity contribution in [1.82, 2.24) is 10.2 Å². The molecule has 1 fully saturated rings. The van der Waals surface area contributed by atoms with E-state index in [2.05, 4.69) is 15.1 Å². The van der Waals surface area contributed by atoms with Crippen LogP contribution in [-0.4, -0.2) is 35.0 Å². The molecule has 1 aliphatic rings. The van der Waals surface area contributed by atoms with Gasteiger partial charge in [0.2, 0.25) is 5.89 Å². The normalized spacial score (nSPS) is 21.4. The van der Waals surface area contributed by atoms with Crippen LogP contribution in [0.4, 0.5) is 6.01 Å². The summed E-state index contributed by atoms with van der Waals surface area (Å²) >= 11 is 0. The average Bonchev–Trinajstić information content (AvgIpc) is 2.78. The minimum atomic E-state index is 0.246. The van der Waals surface area contributed by atoms with Crippen LogP contribution in [0.3, 0.4) is 0 Å². The Hall–Kier alpha value is -1.14. The third-order valence-electron chi connectivity index (χ3n) is 2.96. The highest BCUT2D eigenvalue weighted by atomic mass is 16.4. The summed E-state index contributed by atoms with van der Waals surface area (Å²) in [5, 5.41) is 16.8. The van der Waals surface area contributed by atoms with Crippen molar-refractivity contribution >= 4 is 6.01 Å². The fourth-order valence-electron chi connectivity index (χ4n) is 2.11. The molecule has 1 aromatic rings. The van der Waals surface area contributed by atoms with Crippen molar-refractivity contribution in [1.29, 1.82) is 0 Å². The smallest absolute Gasteiger partial charge is 0.318 e. The van der Waals surface area contributed by atoms with Crippen LogP contribution in [0.25, 0.3) is 0 Å². The molecule has 1 saturated heterocycles. The topological polar surface area (TPSA) is 88.4 Å². The second-order valence-electron chi connectivity index (χ2n) is 4.15. The maximum atomic E-state index is 8.93. The van der Waals surface area contributed by atoms with Crippen molar-refractivity contribution in [2.45, 2.75) is 25.8 Å². The molecule has 2 rings (SSSR count). The zero-order valence-electron chi connectivity index (χ0n) is 9.30. The SMILES string of the molecule is NCc1nnc(N2CCCC(CCO)C2)o1. The van der Waals surface area contributed by atoms with Crippen LogP contribution >= 0.6 is 0 Å². The molecule has 6 heteroatoms. The molecule has 16 heavy (non-hydrogen) atoms. The van der Waals surface area contributed by atoms with E-state index in [1.165, 1.54) is 0 Å². The van der Waals surface area contributed by atoms with Gasteiger partial charge in [0.1, 0.15) is 0 Å². The third kappa shape index (κ3) is 2.51. The molecule has 0 bridgehead atoms. The Morgan fingerprint density at radius 2 is 2.38 bits per heavy atom. The summed E-state index contributed by atoms with van der Waals surface area (Å²) in [7, 11) is 0. The highest BCUT2D eigenvalue weighted by molar-refractivity contribution is 5.25. The minimum Gasteiger partial charge on any atom is -0.407 e. The van der Waals surface area contributed by atoms with Crippen LogP contribution in [0.1, 0.15) is 25.2 Å². The predicted octanol–water partition coefficient (Wildman–Crippen LogP) is 0.127. The lowest BCUT2D eigenvalue weighted by Gasteiger charge is -2.30. The van der Waals surface area contributed by atoms with E-state index in [9.17, 15) is 0 Å². The number of anilines is 1. The van der Waals surface area contributed by atoms with E-state index in [0.29, 0.717) is 17.8 Å².